The van der Waals surface area contributed by atoms with Crippen molar-refractivity contribution < 1.29 is 0 Å². The van der Waals surface area contributed by atoms with Gasteiger partial charge in [0.25, 0.3) is 0 Å². The molecule has 12 aromatic rings. The summed E-state index contributed by atoms with van der Waals surface area (Å²) in [6.45, 7) is 4.74. The second kappa shape index (κ2) is 14.8. The van der Waals surface area contributed by atoms with Crippen LogP contribution >= 0.6 is 0 Å². The number of benzene rings is 10. The van der Waals surface area contributed by atoms with E-state index in [1.54, 1.807) is 0 Å². The van der Waals surface area contributed by atoms with E-state index in [0.717, 1.165) is 77.1 Å². The minimum absolute atomic E-state index is 0.189. The molecule has 310 valence electrons. The van der Waals surface area contributed by atoms with E-state index < -0.39 is 0 Å². The van der Waals surface area contributed by atoms with E-state index in [0.29, 0.717) is 17.6 Å². The van der Waals surface area contributed by atoms with Crippen LogP contribution in [0.15, 0.2) is 218 Å². The van der Waals surface area contributed by atoms with Crippen LogP contribution in [-0.4, -0.2) is 19.5 Å². The van der Waals surface area contributed by atoms with Crippen molar-refractivity contribution in [3.8, 4) is 73.2 Å². The maximum atomic E-state index is 5.46. The van der Waals surface area contributed by atoms with Crippen LogP contribution in [0.2, 0.25) is 0 Å². The molecular formula is C62H42N4. The summed E-state index contributed by atoms with van der Waals surface area (Å²) in [7, 11) is 0. The van der Waals surface area contributed by atoms with Crippen molar-refractivity contribution in [3.63, 3.8) is 0 Å². The smallest absolute Gasteiger partial charge is 0.238 e. The largest absolute Gasteiger partial charge is 0.277 e. The highest BCUT2D eigenvalue weighted by Crippen LogP contribution is 2.53. The van der Waals surface area contributed by atoms with E-state index in [4.69, 9.17) is 15.0 Å². The van der Waals surface area contributed by atoms with Gasteiger partial charge in [-0.05, 0) is 72.3 Å². The van der Waals surface area contributed by atoms with Crippen LogP contribution in [0.4, 0.5) is 0 Å². The standard InChI is InChI=1S/C62H42N4/c1-62(2)54-37-34-43-18-9-11-20-48(43)56(54)53-36-33-47(38-55(53)62)50-22-13-23-51-52-35-32-44-19-10-12-21-49(44)57(52)66(58(50)51)61-64-59(45-28-24-41(25-29-45)39-14-5-3-6-15-39)63-60(65-61)46-30-26-42(27-31-46)40-16-7-4-8-17-40/h3-38H,1-2H3. The molecule has 0 spiro atoms. The maximum absolute atomic E-state index is 5.46. The van der Waals surface area contributed by atoms with E-state index >= 15 is 0 Å². The molecule has 2 aromatic heterocycles. The van der Waals surface area contributed by atoms with Crippen molar-refractivity contribution in [1.29, 1.82) is 0 Å². The monoisotopic (exact) mass is 842 g/mol. The van der Waals surface area contributed by atoms with Crippen LogP contribution in [0.1, 0.15) is 25.0 Å². The third-order valence-corrected chi connectivity index (χ3v) is 13.9. The first-order valence-electron chi connectivity index (χ1n) is 22.7. The van der Waals surface area contributed by atoms with Gasteiger partial charge in [-0.1, -0.05) is 226 Å². The molecule has 0 fully saturated rings. The summed E-state index contributed by atoms with van der Waals surface area (Å²) >= 11 is 0. The van der Waals surface area contributed by atoms with Gasteiger partial charge in [0.2, 0.25) is 5.95 Å². The summed E-state index contributed by atoms with van der Waals surface area (Å²) in [6.07, 6.45) is 0. The molecule has 0 atom stereocenters. The summed E-state index contributed by atoms with van der Waals surface area (Å²) in [5, 5.41) is 7.15. The van der Waals surface area contributed by atoms with Gasteiger partial charge in [0, 0.05) is 38.3 Å². The summed E-state index contributed by atoms with van der Waals surface area (Å²) in [4.78, 5) is 16.2. The average Bonchev–Trinajstić information content (AvgIpc) is 3.85. The van der Waals surface area contributed by atoms with Crippen LogP contribution in [0.5, 0.6) is 0 Å². The fraction of sp³-hybridized carbons (Fsp3) is 0.0484. The summed E-state index contributed by atoms with van der Waals surface area (Å²) in [5.74, 6) is 1.79. The second-order valence-electron chi connectivity index (χ2n) is 18.0. The number of aromatic nitrogens is 4. The molecule has 2 heterocycles. The molecule has 4 heteroatoms. The zero-order valence-electron chi connectivity index (χ0n) is 36.6. The first kappa shape index (κ1) is 38.0. The lowest BCUT2D eigenvalue weighted by atomic mass is 9.81. The van der Waals surface area contributed by atoms with Crippen LogP contribution in [-0.2, 0) is 5.41 Å². The Kier molecular flexibility index (Phi) is 8.53. The van der Waals surface area contributed by atoms with Gasteiger partial charge in [-0.15, -0.1) is 0 Å². The highest BCUT2D eigenvalue weighted by atomic mass is 15.2. The molecule has 4 nitrogen and oxygen atoms in total. The lowest BCUT2D eigenvalue weighted by Crippen LogP contribution is -2.15. The Morgan fingerprint density at radius 1 is 0.333 bits per heavy atom. The van der Waals surface area contributed by atoms with E-state index in [1.165, 1.54) is 33.0 Å². The third-order valence-electron chi connectivity index (χ3n) is 13.9. The number of hydrogen-bond acceptors (Lipinski definition) is 3. The van der Waals surface area contributed by atoms with E-state index in [9.17, 15) is 0 Å². The minimum Gasteiger partial charge on any atom is -0.277 e. The van der Waals surface area contributed by atoms with E-state index in [-0.39, 0.29) is 5.41 Å². The summed E-state index contributed by atoms with van der Waals surface area (Å²) in [5.41, 5.74) is 16.0. The molecule has 0 N–H and O–H groups in total. The van der Waals surface area contributed by atoms with Gasteiger partial charge in [-0.3, -0.25) is 4.57 Å². The summed E-state index contributed by atoms with van der Waals surface area (Å²) < 4.78 is 2.31. The molecule has 1 aliphatic rings. The van der Waals surface area contributed by atoms with Crippen molar-refractivity contribution >= 4 is 43.4 Å². The zero-order valence-corrected chi connectivity index (χ0v) is 36.6. The van der Waals surface area contributed by atoms with Gasteiger partial charge in [0.15, 0.2) is 11.6 Å². The Morgan fingerprint density at radius 3 is 1.48 bits per heavy atom. The quantitative estimate of drug-likeness (QED) is 0.167. The van der Waals surface area contributed by atoms with Crippen molar-refractivity contribution in [1.82, 2.24) is 19.5 Å². The molecule has 13 rings (SSSR count). The van der Waals surface area contributed by atoms with Crippen molar-refractivity contribution in [2.75, 3.05) is 0 Å². The number of fused-ring (bicyclic) bond motifs is 10. The SMILES string of the molecule is CC1(C)c2cc(-c3cccc4c5ccc6ccccc6c5n(-c5nc(-c6ccc(-c7ccccc7)cc6)nc(-c6ccc(-c7ccccc7)cc6)n5)c34)ccc2-c2c1ccc1ccccc21. The number of hydrogen-bond donors (Lipinski definition) is 0. The van der Waals surface area contributed by atoms with Gasteiger partial charge in [0.05, 0.1) is 11.0 Å². The van der Waals surface area contributed by atoms with Gasteiger partial charge < -0.3 is 0 Å². The van der Waals surface area contributed by atoms with Crippen molar-refractivity contribution in [2.24, 2.45) is 0 Å². The van der Waals surface area contributed by atoms with Crippen molar-refractivity contribution in [2.45, 2.75) is 19.3 Å². The molecule has 0 amide bonds. The molecule has 0 bridgehead atoms. The van der Waals surface area contributed by atoms with Gasteiger partial charge in [-0.2, -0.15) is 9.97 Å². The van der Waals surface area contributed by atoms with Crippen LogP contribution in [0.25, 0.3) is 117 Å². The predicted octanol–water partition coefficient (Wildman–Crippen LogP) is 15.9. The Labute approximate surface area is 383 Å². The molecule has 0 saturated heterocycles. The lowest BCUT2D eigenvalue weighted by Gasteiger charge is -2.22. The highest BCUT2D eigenvalue weighted by molar-refractivity contribution is 6.21. The average molecular weight is 843 g/mol. The molecule has 10 aromatic carbocycles. The Morgan fingerprint density at radius 2 is 0.833 bits per heavy atom. The zero-order chi connectivity index (χ0) is 43.9. The Bertz CT molecular complexity index is 3770. The number of nitrogens with zero attached hydrogens (tertiary/aromatic N) is 4. The highest BCUT2D eigenvalue weighted by Gasteiger charge is 2.37. The molecule has 1 aliphatic carbocycles. The van der Waals surface area contributed by atoms with Crippen LogP contribution < -0.4 is 0 Å². The van der Waals surface area contributed by atoms with Gasteiger partial charge in [-0.25, -0.2) is 4.98 Å². The van der Waals surface area contributed by atoms with E-state index in [1.807, 2.05) is 12.1 Å². The maximum Gasteiger partial charge on any atom is 0.238 e. The molecule has 0 aliphatic heterocycles. The lowest BCUT2D eigenvalue weighted by molar-refractivity contribution is 0.661. The molecule has 0 saturated carbocycles. The van der Waals surface area contributed by atoms with Crippen LogP contribution in [0.3, 0.4) is 0 Å². The van der Waals surface area contributed by atoms with E-state index in [2.05, 4.69) is 225 Å². The third kappa shape index (κ3) is 5.95. The predicted molar refractivity (Wildman–Crippen MR) is 274 cm³/mol. The topological polar surface area (TPSA) is 43.6 Å². The number of rotatable bonds is 6. The first-order chi connectivity index (χ1) is 32.5. The summed E-state index contributed by atoms with van der Waals surface area (Å²) in [6, 6.07) is 78.4. The Hall–Kier alpha value is -8.47. The molecular weight excluding hydrogens is 801 g/mol. The van der Waals surface area contributed by atoms with Gasteiger partial charge in [0.1, 0.15) is 0 Å². The molecule has 66 heavy (non-hydrogen) atoms. The normalized spacial score (nSPS) is 12.8. The first-order valence-corrected chi connectivity index (χ1v) is 22.7. The second-order valence-corrected chi connectivity index (χ2v) is 18.0. The number of para-hydroxylation sites is 1. The minimum atomic E-state index is -0.189. The Balaban J connectivity index is 1.06. The van der Waals surface area contributed by atoms with Crippen molar-refractivity contribution in [3.05, 3.63) is 230 Å². The fourth-order valence-electron chi connectivity index (χ4n) is 10.5. The molecule has 0 radical (unpaired) electrons. The molecule has 0 unspecified atom stereocenters. The fourth-order valence-corrected chi connectivity index (χ4v) is 10.5. The van der Waals surface area contributed by atoms with Crippen LogP contribution in [0, 0.1) is 0 Å². The van der Waals surface area contributed by atoms with Gasteiger partial charge >= 0.3 is 0 Å².